The van der Waals surface area contributed by atoms with Gasteiger partial charge in [0.1, 0.15) is 6.04 Å². The zero-order chi connectivity index (χ0) is 10.3. The number of hydrogen-bond donors (Lipinski definition) is 2. The van der Waals surface area contributed by atoms with Crippen molar-refractivity contribution in [3.05, 3.63) is 22.2 Å². The zero-order valence-electron chi connectivity index (χ0n) is 7.40. The smallest absolute Gasteiger partial charge is 0.246 e. The van der Waals surface area contributed by atoms with Gasteiger partial charge in [-0.2, -0.15) is 0 Å². The number of fused-ring (bicyclic) bond motifs is 1. The topological polar surface area (TPSA) is 41.1 Å². The van der Waals surface area contributed by atoms with Crippen LogP contribution in [0.5, 0.6) is 0 Å². The summed E-state index contributed by atoms with van der Waals surface area (Å²) in [6.45, 7) is 1.78. The Hall–Kier alpha value is -0.930. The monoisotopic (exact) mass is 230 g/mol. The summed E-state index contributed by atoms with van der Waals surface area (Å²) < 4.78 is 0. The van der Waals surface area contributed by atoms with Gasteiger partial charge in [-0.25, -0.2) is 0 Å². The molecule has 1 heterocycles. The molecule has 0 saturated heterocycles. The molecule has 1 aliphatic rings. The highest BCUT2D eigenvalue weighted by Crippen LogP contribution is 2.34. The molecule has 14 heavy (non-hydrogen) atoms. The Morgan fingerprint density at radius 2 is 1.79 bits per heavy atom. The predicted octanol–water partition coefficient (Wildman–Crippen LogP) is 2.75. The van der Waals surface area contributed by atoms with Gasteiger partial charge < -0.3 is 10.6 Å². The minimum atomic E-state index is -0.250. The number of amides is 1. The highest BCUT2D eigenvalue weighted by Gasteiger charge is 2.22. The third kappa shape index (κ3) is 1.53. The van der Waals surface area contributed by atoms with Gasteiger partial charge in [-0.3, -0.25) is 4.79 Å². The number of anilines is 2. The normalized spacial score (nSPS) is 19.6. The number of halogens is 2. The Bertz CT molecular complexity index is 406. The summed E-state index contributed by atoms with van der Waals surface area (Å²) in [6, 6.07) is 3.09. The molecule has 0 saturated carbocycles. The first-order valence-electron chi connectivity index (χ1n) is 4.14. The second kappa shape index (κ2) is 3.33. The van der Waals surface area contributed by atoms with Crippen LogP contribution in [0.1, 0.15) is 6.92 Å². The first-order chi connectivity index (χ1) is 6.58. The van der Waals surface area contributed by atoms with E-state index in [9.17, 15) is 4.79 Å². The molecule has 1 aliphatic heterocycles. The SMILES string of the molecule is C[C@@H]1Nc2cc(Cl)c(Cl)cc2NC1=O. The predicted molar refractivity (Wildman–Crippen MR) is 58.2 cm³/mol. The van der Waals surface area contributed by atoms with Gasteiger partial charge in [0.2, 0.25) is 5.91 Å². The zero-order valence-corrected chi connectivity index (χ0v) is 8.91. The lowest BCUT2D eigenvalue weighted by molar-refractivity contribution is -0.116. The minimum absolute atomic E-state index is 0.0733. The summed E-state index contributed by atoms with van der Waals surface area (Å²) in [6.07, 6.45) is 0. The first kappa shape index (κ1) is 9.62. The summed E-state index contributed by atoms with van der Waals surface area (Å²) in [5.41, 5.74) is 1.47. The largest absolute Gasteiger partial charge is 0.372 e. The third-order valence-corrected chi connectivity index (χ3v) is 2.81. The molecule has 0 spiro atoms. The Labute approximate surface area is 91.4 Å². The fraction of sp³-hybridized carbons (Fsp3) is 0.222. The van der Waals surface area contributed by atoms with Crippen molar-refractivity contribution >= 4 is 40.5 Å². The van der Waals surface area contributed by atoms with Crippen molar-refractivity contribution < 1.29 is 4.79 Å². The minimum Gasteiger partial charge on any atom is -0.372 e. The molecule has 2 rings (SSSR count). The van der Waals surface area contributed by atoms with Crippen LogP contribution in [0.2, 0.25) is 10.0 Å². The molecule has 0 radical (unpaired) electrons. The Balaban J connectivity index is 2.47. The molecule has 5 heteroatoms. The summed E-state index contributed by atoms with van der Waals surface area (Å²) in [5, 5.41) is 6.66. The van der Waals surface area contributed by atoms with Crippen LogP contribution in [0.15, 0.2) is 12.1 Å². The maximum atomic E-state index is 11.3. The average molecular weight is 231 g/mol. The number of benzene rings is 1. The van der Waals surface area contributed by atoms with Gasteiger partial charge in [-0.1, -0.05) is 23.2 Å². The lowest BCUT2D eigenvalue weighted by Gasteiger charge is -2.24. The number of carbonyl (C=O) groups is 1. The molecular weight excluding hydrogens is 223 g/mol. The summed E-state index contributed by atoms with van der Waals surface area (Å²) in [7, 11) is 0. The number of rotatable bonds is 0. The van der Waals surface area contributed by atoms with E-state index in [1.807, 2.05) is 0 Å². The second-order valence-corrected chi connectivity index (χ2v) is 3.98. The van der Waals surface area contributed by atoms with Gasteiger partial charge in [0.25, 0.3) is 0 Å². The maximum absolute atomic E-state index is 11.3. The summed E-state index contributed by atoms with van der Waals surface area (Å²) >= 11 is 11.7. The number of hydrogen-bond acceptors (Lipinski definition) is 2. The number of carbonyl (C=O) groups excluding carboxylic acids is 1. The van der Waals surface area contributed by atoms with Crippen LogP contribution in [0.25, 0.3) is 0 Å². The van der Waals surface area contributed by atoms with E-state index in [-0.39, 0.29) is 11.9 Å². The van der Waals surface area contributed by atoms with Gasteiger partial charge in [0, 0.05) is 0 Å². The van der Waals surface area contributed by atoms with Crippen molar-refractivity contribution in [1.29, 1.82) is 0 Å². The van der Waals surface area contributed by atoms with E-state index >= 15 is 0 Å². The Kier molecular flexibility index (Phi) is 2.29. The first-order valence-corrected chi connectivity index (χ1v) is 4.90. The van der Waals surface area contributed by atoms with Crippen molar-refractivity contribution in [2.45, 2.75) is 13.0 Å². The van der Waals surface area contributed by atoms with Crippen molar-refractivity contribution in [3.8, 4) is 0 Å². The fourth-order valence-electron chi connectivity index (χ4n) is 1.31. The molecule has 0 fully saturated rings. The van der Waals surface area contributed by atoms with Gasteiger partial charge in [0.05, 0.1) is 21.4 Å². The Morgan fingerprint density at radius 3 is 2.43 bits per heavy atom. The quantitative estimate of drug-likeness (QED) is 0.720. The van der Waals surface area contributed by atoms with Gasteiger partial charge >= 0.3 is 0 Å². The molecule has 0 bridgehead atoms. The van der Waals surface area contributed by atoms with Crippen LogP contribution in [0.3, 0.4) is 0 Å². The van der Waals surface area contributed by atoms with E-state index in [0.717, 1.165) is 5.69 Å². The van der Waals surface area contributed by atoms with Crippen molar-refractivity contribution in [1.82, 2.24) is 0 Å². The molecule has 0 aromatic heterocycles. The second-order valence-electron chi connectivity index (χ2n) is 3.17. The summed E-state index contributed by atoms with van der Waals surface area (Å²) in [5.74, 6) is -0.0733. The van der Waals surface area contributed by atoms with E-state index in [1.54, 1.807) is 19.1 Å². The van der Waals surface area contributed by atoms with Crippen LogP contribution >= 0.6 is 23.2 Å². The summed E-state index contributed by atoms with van der Waals surface area (Å²) in [4.78, 5) is 11.3. The van der Waals surface area contributed by atoms with E-state index < -0.39 is 0 Å². The van der Waals surface area contributed by atoms with Crippen LogP contribution < -0.4 is 10.6 Å². The van der Waals surface area contributed by atoms with Crippen molar-refractivity contribution in [2.75, 3.05) is 10.6 Å². The van der Waals surface area contributed by atoms with Crippen molar-refractivity contribution in [2.24, 2.45) is 0 Å². The van der Waals surface area contributed by atoms with Gasteiger partial charge in [0.15, 0.2) is 0 Å². The standard InChI is InChI=1S/C9H8Cl2N2O/c1-4-9(14)13-8-3-6(11)5(10)2-7(8)12-4/h2-4,12H,1H3,(H,13,14)/t4-/m0/s1. The molecule has 74 valence electrons. The molecule has 0 unspecified atom stereocenters. The van der Waals surface area contributed by atoms with E-state index in [0.29, 0.717) is 15.7 Å². The number of nitrogens with one attached hydrogen (secondary N) is 2. The van der Waals surface area contributed by atoms with Crippen LogP contribution in [0, 0.1) is 0 Å². The van der Waals surface area contributed by atoms with E-state index in [1.165, 1.54) is 0 Å². The lowest BCUT2D eigenvalue weighted by atomic mass is 10.1. The molecule has 1 aromatic rings. The van der Waals surface area contributed by atoms with Crippen LogP contribution in [-0.2, 0) is 4.79 Å². The van der Waals surface area contributed by atoms with Crippen molar-refractivity contribution in [3.63, 3.8) is 0 Å². The molecule has 0 aliphatic carbocycles. The third-order valence-electron chi connectivity index (χ3n) is 2.08. The van der Waals surface area contributed by atoms with Crippen LogP contribution in [0.4, 0.5) is 11.4 Å². The molecular formula is C9H8Cl2N2O. The molecule has 2 N–H and O–H groups in total. The molecule has 1 atom stereocenters. The van der Waals surface area contributed by atoms with Gasteiger partial charge in [-0.15, -0.1) is 0 Å². The highest BCUT2D eigenvalue weighted by molar-refractivity contribution is 6.42. The van der Waals surface area contributed by atoms with E-state index in [2.05, 4.69) is 10.6 Å². The molecule has 3 nitrogen and oxygen atoms in total. The molecule has 1 aromatic carbocycles. The van der Waals surface area contributed by atoms with Gasteiger partial charge in [-0.05, 0) is 19.1 Å². The Morgan fingerprint density at radius 1 is 1.21 bits per heavy atom. The van der Waals surface area contributed by atoms with E-state index in [4.69, 9.17) is 23.2 Å². The fourth-order valence-corrected chi connectivity index (χ4v) is 1.64. The average Bonchev–Trinajstić information content (AvgIpc) is 2.11. The maximum Gasteiger partial charge on any atom is 0.246 e. The highest BCUT2D eigenvalue weighted by atomic mass is 35.5. The van der Waals surface area contributed by atoms with Crippen LogP contribution in [-0.4, -0.2) is 11.9 Å². The molecule has 1 amide bonds. The lowest BCUT2D eigenvalue weighted by Crippen LogP contribution is -2.36.